The molecule has 2 N–H and O–H groups in total. The van der Waals surface area contributed by atoms with Gasteiger partial charge >= 0.3 is 0 Å². The second kappa shape index (κ2) is 5.14. The molecule has 0 aliphatic carbocycles. The maximum atomic E-state index is 13.0. The van der Waals surface area contributed by atoms with E-state index in [2.05, 4.69) is 0 Å². The van der Waals surface area contributed by atoms with Crippen LogP contribution in [0.15, 0.2) is 24.3 Å². The summed E-state index contributed by atoms with van der Waals surface area (Å²) in [5, 5.41) is 0. The number of ether oxygens (including phenoxy) is 1. The number of amides is 1. The summed E-state index contributed by atoms with van der Waals surface area (Å²) in [5.74, 6) is -0.552. The van der Waals surface area contributed by atoms with E-state index >= 15 is 0 Å². The Morgan fingerprint density at radius 2 is 2.27 bits per heavy atom. The van der Waals surface area contributed by atoms with Crippen molar-refractivity contribution in [2.45, 2.75) is 6.92 Å². The molecule has 4 heteroatoms. The van der Waals surface area contributed by atoms with Gasteiger partial charge in [-0.05, 0) is 30.7 Å². The predicted molar refractivity (Wildman–Crippen MR) is 55.8 cm³/mol. The molecule has 0 bridgehead atoms. The topological polar surface area (TPSA) is 52.3 Å². The molecule has 3 nitrogen and oxygen atoms in total. The van der Waals surface area contributed by atoms with Crippen molar-refractivity contribution < 1.29 is 13.9 Å². The summed E-state index contributed by atoms with van der Waals surface area (Å²) in [7, 11) is 0. The van der Waals surface area contributed by atoms with Crippen LogP contribution in [0.4, 0.5) is 4.39 Å². The van der Waals surface area contributed by atoms with Gasteiger partial charge in [-0.25, -0.2) is 4.39 Å². The van der Waals surface area contributed by atoms with Crippen LogP contribution >= 0.6 is 0 Å². The van der Waals surface area contributed by atoms with Crippen LogP contribution < -0.4 is 10.5 Å². The highest BCUT2D eigenvalue weighted by Gasteiger charge is 1.99. The lowest BCUT2D eigenvalue weighted by Crippen LogP contribution is -2.05. The number of carbonyl (C=O) groups excluding carboxylic acids is 1. The number of rotatable bonds is 4. The third kappa shape index (κ3) is 3.81. The number of benzene rings is 1. The molecule has 0 aliphatic heterocycles. The van der Waals surface area contributed by atoms with Crippen LogP contribution in [0.1, 0.15) is 12.5 Å². The van der Waals surface area contributed by atoms with Gasteiger partial charge < -0.3 is 10.5 Å². The molecule has 0 fully saturated rings. The van der Waals surface area contributed by atoms with Crippen LogP contribution in [0.25, 0.3) is 6.08 Å². The Hall–Kier alpha value is -1.84. The number of primary amides is 1. The number of hydrogen-bond donors (Lipinski definition) is 1. The van der Waals surface area contributed by atoms with Gasteiger partial charge in [-0.1, -0.05) is 0 Å². The van der Waals surface area contributed by atoms with E-state index in [0.29, 0.717) is 17.9 Å². The first-order chi connectivity index (χ1) is 7.11. The minimum absolute atomic E-state index is 0.412. The maximum absolute atomic E-state index is 13.0. The van der Waals surface area contributed by atoms with Crippen molar-refractivity contribution in [1.29, 1.82) is 0 Å². The summed E-state index contributed by atoms with van der Waals surface area (Å²) in [6, 6.07) is 4.21. The maximum Gasteiger partial charge on any atom is 0.241 e. The van der Waals surface area contributed by atoms with Gasteiger partial charge in [-0.15, -0.1) is 0 Å². The Bertz CT molecular complexity index is 388. The zero-order valence-electron chi connectivity index (χ0n) is 8.37. The fourth-order valence-corrected chi connectivity index (χ4v) is 1.11. The highest BCUT2D eigenvalue weighted by Crippen LogP contribution is 2.17. The van der Waals surface area contributed by atoms with Gasteiger partial charge in [0.2, 0.25) is 5.91 Å². The lowest BCUT2D eigenvalue weighted by Gasteiger charge is -2.03. The summed E-state index contributed by atoms with van der Waals surface area (Å²) in [6.07, 6.45) is 2.61. The van der Waals surface area contributed by atoms with Crippen molar-refractivity contribution in [1.82, 2.24) is 0 Å². The molecular weight excluding hydrogens is 197 g/mol. The molecule has 0 atom stereocenters. The molecule has 1 aromatic carbocycles. The van der Waals surface area contributed by atoms with E-state index < -0.39 is 11.7 Å². The van der Waals surface area contributed by atoms with Gasteiger partial charge in [-0.3, -0.25) is 4.79 Å². The molecular formula is C11H12FNO2. The first-order valence-corrected chi connectivity index (χ1v) is 4.52. The smallest absolute Gasteiger partial charge is 0.241 e. The Morgan fingerprint density at radius 1 is 1.53 bits per heavy atom. The van der Waals surface area contributed by atoms with E-state index in [1.807, 2.05) is 6.92 Å². The Morgan fingerprint density at radius 3 is 2.87 bits per heavy atom. The van der Waals surface area contributed by atoms with Crippen LogP contribution in [0, 0.1) is 5.82 Å². The first kappa shape index (κ1) is 11.2. The Labute approximate surface area is 87.3 Å². The van der Waals surface area contributed by atoms with Crippen molar-refractivity contribution in [3.8, 4) is 5.75 Å². The molecule has 0 unspecified atom stereocenters. The van der Waals surface area contributed by atoms with Gasteiger partial charge in [0.1, 0.15) is 11.6 Å². The molecule has 0 spiro atoms. The van der Waals surface area contributed by atoms with Gasteiger partial charge in [0.05, 0.1) is 6.61 Å². The predicted octanol–water partition coefficient (Wildman–Crippen LogP) is 1.72. The van der Waals surface area contributed by atoms with Crippen LogP contribution in [0.2, 0.25) is 0 Å². The van der Waals surface area contributed by atoms with Crippen LogP contribution in [-0.2, 0) is 4.79 Å². The summed E-state index contributed by atoms with van der Waals surface area (Å²) in [4.78, 5) is 10.5. The van der Waals surface area contributed by atoms with E-state index in [-0.39, 0.29) is 0 Å². The SMILES string of the molecule is CCOc1cc(F)cc(C=CC(N)=O)c1. The molecule has 1 aromatic rings. The summed E-state index contributed by atoms with van der Waals surface area (Å²) in [6.45, 7) is 2.27. The number of hydrogen-bond acceptors (Lipinski definition) is 2. The monoisotopic (exact) mass is 209 g/mol. The number of nitrogens with two attached hydrogens (primary N) is 1. The van der Waals surface area contributed by atoms with Crippen LogP contribution in [-0.4, -0.2) is 12.5 Å². The van der Waals surface area contributed by atoms with E-state index in [1.165, 1.54) is 24.3 Å². The lowest BCUT2D eigenvalue weighted by atomic mass is 10.2. The summed E-state index contributed by atoms with van der Waals surface area (Å²) < 4.78 is 18.2. The standard InChI is InChI=1S/C11H12FNO2/c1-2-15-10-6-8(3-4-11(13)14)5-9(12)7-10/h3-7H,2H2,1H3,(H2,13,14). The second-order valence-corrected chi connectivity index (χ2v) is 2.89. The summed E-state index contributed by atoms with van der Waals surface area (Å²) in [5.41, 5.74) is 5.46. The molecule has 0 aliphatic rings. The average molecular weight is 209 g/mol. The molecule has 80 valence electrons. The zero-order valence-corrected chi connectivity index (χ0v) is 8.37. The molecule has 1 rings (SSSR count). The van der Waals surface area contributed by atoms with Gasteiger partial charge in [-0.2, -0.15) is 0 Å². The highest BCUT2D eigenvalue weighted by molar-refractivity contribution is 5.90. The van der Waals surface area contributed by atoms with Gasteiger partial charge in [0.15, 0.2) is 0 Å². The van der Waals surface area contributed by atoms with E-state index in [4.69, 9.17) is 10.5 Å². The highest BCUT2D eigenvalue weighted by atomic mass is 19.1. The average Bonchev–Trinajstić information content (AvgIpc) is 2.14. The largest absolute Gasteiger partial charge is 0.494 e. The molecule has 0 heterocycles. The molecule has 0 radical (unpaired) electrons. The number of halogens is 1. The summed E-state index contributed by atoms with van der Waals surface area (Å²) >= 11 is 0. The fraction of sp³-hybridized carbons (Fsp3) is 0.182. The van der Waals surface area contributed by atoms with Crippen LogP contribution in [0.5, 0.6) is 5.75 Å². The normalized spacial score (nSPS) is 10.5. The third-order valence-electron chi connectivity index (χ3n) is 1.64. The molecule has 15 heavy (non-hydrogen) atoms. The van der Waals surface area contributed by atoms with Crippen molar-refractivity contribution in [2.24, 2.45) is 5.73 Å². The van der Waals surface area contributed by atoms with Crippen molar-refractivity contribution >= 4 is 12.0 Å². The van der Waals surface area contributed by atoms with E-state index in [9.17, 15) is 9.18 Å². The number of carbonyl (C=O) groups is 1. The van der Waals surface area contributed by atoms with E-state index in [0.717, 1.165) is 0 Å². The molecule has 0 saturated carbocycles. The van der Waals surface area contributed by atoms with Crippen LogP contribution in [0.3, 0.4) is 0 Å². The Balaban J connectivity index is 2.93. The molecule has 0 saturated heterocycles. The molecule has 0 aromatic heterocycles. The van der Waals surface area contributed by atoms with Gasteiger partial charge in [0, 0.05) is 12.1 Å². The second-order valence-electron chi connectivity index (χ2n) is 2.89. The third-order valence-corrected chi connectivity index (χ3v) is 1.64. The van der Waals surface area contributed by atoms with Crippen molar-refractivity contribution in [3.63, 3.8) is 0 Å². The Kier molecular flexibility index (Phi) is 3.85. The van der Waals surface area contributed by atoms with Crippen molar-refractivity contribution in [2.75, 3.05) is 6.61 Å². The minimum atomic E-state index is -0.572. The first-order valence-electron chi connectivity index (χ1n) is 4.52. The fourth-order valence-electron chi connectivity index (χ4n) is 1.11. The molecule has 1 amide bonds. The zero-order chi connectivity index (χ0) is 11.3. The van der Waals surface area contributed by atoms with Crippen molar-refractivity contribution in [3.05, 3.63) is 35.7 Å². The van der Waals surface area contributed by atoms with Gasteiger partial charge in [0.25, 0.3) is 0 Å². The minimum Gasteiger partial charge on any atom is -0.494 e. The van der Waals surface area contributed by atoms with E-state index in [1.54, 1.807) is 6.07 Å². The quantitative estimate of drug-likeness (QED) is 0.767. The lowest BCUT2D eigenvalue weighted by molar-refractivity contribution is -0.113.